The zero-order valence-corrected chi connectivity index (χ0v) is 10.8. The van der Waals surface area contributed by atoms with Gasteiger partial charge in [-0.25, -0.2) is 0 Å². The Morgan fingerprint density at radius 2 is 2.33 bits per heavy atom. The Labute approximate surface area is 105 Å². The number of aromatic nitrogens is 2. The van der Waals surface area contributed by atoms with Crippen molar-refractivity contribution in [3.05, 3.63) is 21.9 Å². The third-order valence-corrected chi connectivity index (χ3v) is 2.60. The molecule has 100 valence electrons. The molecular weight excluding hydrogens is 236 g/mol. The summed E-state index contributed by atoms with van der Waals surface area (Å²) < 4.78 is 1.49. The van der Waals surface area contributed by atoms with Gasteiger partial charge >= 0.3 is 5.82 Å². The van der Waals surface area contributed by atoms with Crippen molar-refractivity contribution in [2.24, 2.45) is 5.92 Å². The number of nitrogens with one attached hydrogen (secondary N) is 1. The van der Waals surface area contributed by atoms with Crippen molar-refractivity contribution in [2.45, 2.75) is 33.7 Å². The monoisotopic (exact) mass is 254 g/mol. The minimum atomic E-state index is -0.536. The van der Waals surface area contributed by atoms with Gasteiger partial charge in [-0.1, -0.05) is 13.8 Å². The smallest absolute Gasteiger partial charge is 0.358 e. The summed E-state index contributed by atoms with van der Waals surface area (Å²) in [5.74, 6) is -0.516. The molecular formula is C11H18N4O3. The quantitative estimate of drug-likeness (QED) is 0.611. The first kappa shape index (κ1) is 14.1. The second kappa shape index (κ2) is 6.13. The van der Waals surface area contributed by atoms with E-state index in [2.05, 4.69) is 10.4 Å². The van der Waals surface area contributed by atoms with Crippen LogP contribution in [0.5, 0.6) is 0 Å². The molecule has 7 nitrogen and oxygen atoms in total. The predicted molar refractivity (Wildman–Crippen MR) is 66.1 cm³/mol. The van der Waals surface area contributed by atoms with E-state index in [1.54, 1.807) is 13.8 Å². The van der Waals surface area contributed by atoms with Crippen LogP contribution in [0.4, 0.5) is 5.82 Å². The van der Waals surface area contributed by atoms with Gasteiger partial charge in [-0.05, 0) is 18.3 Å². The lowest BCUT2D eigenvalue weighted by Crippen LogP contribution is -2.32. The van der Waals surface area contributed by atoms with E-state index < -0.39 is 4.92 Å². The number of carbonyl (C=O) groups excluding carboxylic acids is 1. The van der Waals surface area contributed by atoms with Gasteiger partial charge in [0, 0.05) is 6.54 Å². The zero-order chi connectivity index (χ0) is 13.7. The number of carbonyl (C=O) groups is 1. The highest BCUT2D eigenvalue weighted by Gasteiger charge is 2.20. The van der Waals surface area contributed by atoms with E-state index >= 15 is 0 Å². The number of hydrogen-bond acceptors (Lipinski definition) is 4. The molecule has 1 heterocycles. The average molecular weight is 254 g/mol. The Kier molecular flexibility index (Phi) is 4.82. The minimum Gasteiger partial charge on any atom is -0.358 e. The van der Waals surface area contributed by atoms with Gasteiger partial charge < -0.3 is 15.4 Å². The molecule has 18 heavy (non-hydrogen) atoms. The van der Waals surface area contributed by atoms with Gasteiger partial charge in [-0.2, -0.15) is 4.68 Å². The van der Waals surface area contributed by atoms with Crippen molar-refractivity contribution in [1.29, 1.82) is 0 Å². The van der Waals surface area contributed by atoms with Crippen LogP contribution in [0.3, 0.4) is 0 Å². The summed E-state index contributed by atoms with van der Waals surface area (Å²) in [7, 11) is 0. The molecule has 0 saturated carbocycles. The van der Waals surface area contributed by atoms with Crippen LogP contribution in [0.15, 0.2) is 6.07 Å². The molecule has 0 bridgehead atoms. The number of aryl methyl sites for hydroxylation is 1. The fraction of sp³-hybridized carbons (Fsp3) is 0.636. The van der Waals surface area contributed by atoms with Gasteiger partial charge in [0.2, 0.25) is 5.91 Å². The Morgan fingerprint density at radius 1 is 1.67 bits per heavy atom. The van der Waals surface area contributed by atoms with E-state index in [0.29, 0.717) is 18.8 Å². The molecule has 1 unspecified atom stereocenters. The SMILES string of the molecule is CCCNC(=O)C(C)Cn1nc([N+](=O)[O-])cc1C. The molecule has 1 amide bonds. The van der Waals surface area contributed by atoms with Crippen LogP contribution in [-0.4, -0.2) is 27.2 Å². The number of nitro groups is 1. The lowest BCUT2D eigenvalue weighted by atomic mass is 10.1. The third kappa shape index (κ3) is 3.54. The van der Waals surface area contributed by atoms with E-state index in [9.17, 15) is 14.9 Å². The fourth-order valence-corrected chi connectivity index (χ4v) is 1.53. The summed E-state index contributed by atoms with van der Waals surface area (Å²) >= 11 is 0. The first-order chi connectivity index (χ1) is 8.45. The lowest BCUT2D eigenvalue weighted by molar-refractivity contribution is -0.389. The highest BCUT2D eigenvalue weighted by molar-refractivity contribution is 5.78. The Morgan fingerprint density at radius 3 is 2.83 bits per heavy atom. The summed E-state index contributed by atoms with van der Waals surface area (Å²) in [6.07, 6.45) is 0.880. The van der Waals surface area contributed by atoms with Gasteiger partial charge in [0.1, 0.15) is 0 Å². The summed E-state index contributed by atoms with van der Waals surface area (Å²) in [6, 6.07) is 1.40. The molecule has 1 aromatic heterocycles. The highest BCUT2D eigenvalue weighted by atomic mass is 16.6. The second-order valence-electron chi connectivity index (χ2n) is 4.28. The maximum absolute atomic E-state index is 11.7. The maximum Gasteiger partial charge on any atom is 0.390 e. The van der Waals surface area contributed by atoms with Crippen molar-refractivity contribution < 1.29 is 9.72 Å². The number of nitrogens with zero attached hydrogens (tertiary/aromatic N) is 3. The molecule has 0 aliphatic carbocycles. The highest BCUT2D eigenvalue weighted by Crippen LogP contribution is 2.12. The molecule has 0 aliphatic heterocycles. The summed E-state index contributed by atoms with van der Waals surface area (Å²) in [5.41, 5.74) is 0.678. The second-order valence-corrected chi connectivity index (χ2v) is 4.28. The molecule has 0 spiro atoms. The third-order valence-electron chi connectivity index (χ3n) is 2.60. The topological polar surface area (TPSA) is 90.1 Å². The molecule has 1 atom stereocenters. The molecule has 0 saturated heterocycles. The van der Waals surface area contributed by atoms with E-state index in [1.165, 1.54) is 10.7 Å². The summed E-state index contributed by atoms with van der Waals surface area (Å²) in [5, 5.41) is 17.2. The van der Waals surface area contributed by atoms with Gasteiger partial charge in [0.25, 0.3) is 0 Å². The zero-order valence-electron chi connectivity index (χ0n) is 10.8. The van der Waals surface area contributed by atoms with Gasteiger partial charge in [0.15, 0.2) is 0 Å². The average Bonchev–Trinajstić information content (AvgIpc) is 2.68. The Hall–Kier alpha value is -1.92. The first-order valence-corrected chi connectivity index (χ1v) is 5.92. The van der Waals surface area contributed by atoms with Gasteiger partial charge in [-0.15, -0.1) is 0 Å². The van der Waals surface area contributed by atoms with E-state index in [4.69, 9.17) is 0 Å². The lowest BCUT2D eigenvalue weighted by Gasteiger charge is -2.10. The van der Waals surface area contributed by atoms with Crippen LogP contribution in [0, 0.1) is 23.0 Å². The van der Waals surface area contributed by atoms with Crippen LogP contribution >= 0.6 is 0 Å². The van der Waals surface area contributed by atoms with Crippen molar-refractivity contribution in [3.63, 3.8) is 0 Å². The van der Waals surface area contributed by atoms with Crippen molar-refractivity contribution in [3.8, 4) is 0 Å². The molecule has 7 heteroatoms. The van der Waals surface area contributed by atoms with Crippen LogP contribution in [-0.2, 0) is 11.3 Å². The van der Waals surface area contributed by atoms with E-state index in [1.807, 2.05) is 6.92 Å². The Bertz CT molecular complexity index is 441. The van der Waals surface area contributed by atoms with Gasteiger partial charge in [0.05, 0.1) is 29.3 Å². The van der Waals surface area contributed by atoms with Crippen molar-refractivity contribution in [1.82, 2.24) is 15.1 Å². The fourth-order valence-electron chi connectivity index (χ4n) is 1.53. The summed E-state index contributed by atoms with van der Waals surface area (Å²) in [4.78, 5) is 21.7. The summed E-state index contributed by atoms with van der Waals surface area (Å²) in [6.45, 7) is 6.47. The number of amides is 1. The Balaban J connectivity index is 2.66. The van der Waals surface area contributed by atoms with Crippen LogP contribution in [0.25, 0.3) is 0 Å². The minimum absolute atomic E-state index is 0.0607. The molecule has 0 aromatic carbocycles. The van der Waals surface area contributed by atoms with E-state index in [0.717, 1.165) is 6.42 Å². The van der Waals surface area contributed by atoms with Crippen LogP contribution in [0.2, 0.25) is 0 Å². The number of hydrogen-bond donors (Lipinski definition) is 1. The number of rotatable bonds is 6. The van der Waals surface area contributed by atoms with Gasteiger partial charge in [-0.3, -0.25) is 4.79 Å². The van der Waals surface area contributed by atoms with E-state index in [-0.39, 0.29) is 17.6 Å². The largest absolute Gasteiger partial charge is 0.390 e. The van der Waals surface area contributed by atoms with Crippen LogP contribution < -0.4 is 5.32 Å². The first-order valence-electron chi connectivity index (χ1n) is 5.92. The van der Waals surface area contributed by atoms with Crippen molar-refractivity contribution >= 4 is 11.7 Å². The molecule has 1 N–H and O–H groups in total. The standard InChI is InChI=1S/C11H18N4O3/c1-4-5-12-11(16)8(2)7-14-9(3)6-10(13-14)15(17)18/h6,8H,4-5,7H2,1-3H3,(H,12,16). The normalized spacial score (nSPS) is 12.2. The molecule has 0 fully saturated rings. The maximum atomic E-state index is 11.7. The predicted octanol–water partition coefficient (Wildman–Crippen LogP) is 1.26. The molecule has 0 aliphatic rings. The van der Waals surface area contributed by atoms with Crippen LogP contribution in [0.1, 0.15) is 26.0 Å². The molecule has 0 radical (unpaired) electrons. The molecule has 1 aromatic rings. The molecule has 1 rings (SSSR count). The van der Waals surface area contributed by atoms with Crippen molar-refractivity contribution in [2.75, 3.05) is 6.54 Å².